The molecule has 6 atom stereocenters. The molecule has 15 heteroatoms. The summed E-state index contributed by atoms with van der Waals surface area (Å²) < 4.78 is 52.1. The highest BCUT2D eigenvalue weighted by Gasteiger charge is 2.57. The van der Waals surface area contributed by atoms with E-state index in [9.17, 15) is 23.7 Å². The summed E-state index contributed by atoms with van der Waals surface area (Å²) in [6, 6.07) is 9.63. The number of anilines is 1. The topological polar surface area (TPSA) is 168 Å². The minimum atomic E-state index is -4.07. The summed E-state index contributed by atoms with van der Waals surface area (Å²) in [6.45, 7) is 3.14. The first kappa shape index (κ1) is 30.0. The van der Waals surface area contributed by atoms with Crippen molar-refractivity contribution in [3.05, 3.63) is 52.9 Å². The number of aromatic nitrogens is 3. The number of rotatable bonds is 11. The lowest BCUT2D eigenvalue weighted by Crippen LogP contribution is -2.44. The van der Waals surface area contributed by atoms with E-state index in [0.717, 1.165) is 0 Å². The predicted molar refractivity (Wildman–Crippen MR) is 145 cm³/mol. The number of nitrogens with two attached hydrogens (primary N) is 1. The highest BCUT2D eigenvalue weighted by atomic mass is 35.5. The maximum Gasteiger partial charge on any atom is 0.380 e. The largest absolute Gasteiger partial charge is 0.463 e. The van der Waals surface area contributed by atoms with Crippen molar-refractivity contribution < 1.29 is 37.4 Å². The highest BCUT2D eigenvalue weighted by molar-refractivity contribution is 7.54. The molecular weight excluding hydrogens is 570 g/mol. The molecule has 4 rings (SSSR count). The van der Waals surface area contributed by atoms with Crippen LogP contribution in [0.4, 0.5) is 10.3 Å². The van der Waals surface area contributed by atoms with E-state index in [2.05, 4.69) is 9.97 Å². The molecule has 0 saturated carbocycles. The Balaban J connectivity index is 1.58. The number of aliphatic hydroxyl groups is 1. The first-order valence-corrected chi connectivity index (χ1v) is 14.6. The molecule has 0 amide bonds. The van der Waals surface area contributed by atoms with Crippen molar-refractivity contribution in [1.29, 1.82) is 0 Å². The molecule has 3 aromatic rings. The van der Waals surface area contributed by atoms with Gasteiger partial charge in [-0.15, -0.1) is 11.6 Å². The number of aliphatic hydroxyl groups excluding tert-OH is 1. The Morgan fingerprint density at radius 2 is 2.02 bits per heavy atom. The van der Waals surface area contributed by atoms with Crippen molar-refractivity contribution in [2.24, 2.45) is 5.92 Å². The Labute approximate surface area is 234 Å². The van der Waals surface area contributed by atoms with E-state index >= 15 is 0 Å². The van der Waals surface area contributed by atoms with Crippen molar-refractivity contribution in [2.75, 3.05) is 25.2 Å². The summed E-state index contributed by atoms with van der Waals surface area (Å²) in [6.07, 6.45) is -3.58. The second kappa shape index (κ2) is 11.9. The number of hydrogen-bond donors (Lipinski definition) is 3. The number of halogens is 2. The first-order valence-electron chi connectivity index (χ1n) is 12.5. The number of alkyl halides is 2. The molecule has 2 aromatic heterocycles. The van der Waals surface area contributed by atoms with Crippen molar-refractivity contribution in [3.8, 4) is 5.75 Å². The fraction of sp³-hybridized carbons (Fsp3) is 0.480. The molecular formula is C25H31ClFN4O8P. The average Bonchev–Trinajstić information content (AvgIpc) is 3.42. The Kier molecular flexibility index (Phi) is 8.91. The number of nitrogens with zero attached hydrogens (tertiary/aromatic N) is 2. The maximum absolute atomic E-state index is 14.4. The third-order valence-corrected chi connectivity index (χ3v) is 8.83. The summed E-state index contributed by atoms with van der Waals surface area (Å²) in [5.41, 5.74) is 5.22. The molecule has 40 heavy (non-hydrogen) atoms. The predicted octanol–water partition coefficient (Wildman–Crippen LogP) is 3.39. The monoisotopic (exact) mass is 600 g/mol. The normalized spacial score (nSPS) is 25.1. The number of fused-ring (bicyclic) bond motifs is 1. The van der Waals surface area contributed by atoms with Crippen molar-refractivity contribution in [2.45, 2.75) is 50.2 Å². The van der Waals surface area contributed by atoms with Crippen LogP contribution in [0.3, 0.4) is 0 Å². The van der Waals surface area contributed by atoms with E-state index in [4.69, 9.17) is 35.9 Å². The Morgan fingerprint density at radius 3 is 2.67 bits per heavy atom. The van der Waals surface area contributed by atoms with Gasteiger partial charge in [0.05, 0.1) is 30.2 Å². The van der Waals surface area contributed by atoms with E-state index in [-0.39, 0.29) is 35.0 Å². The summed E-state index contributed by atoms with van der Waals surface area (Å²) >= 11 is 6.56. The van der Waals surface area contributed by atoms with Gasteiger partial charge in [0.2, 0.25) is 5.95 Å². The number of carbonyl (C=O) groups excluding carboxylic acids is 1. The van der Waals surface area contributed by atoms with Crippen LogP contribution in [0.15, 0.2) is 47.4 Å². The number of ether oxygens (including phenoxy) is 2. The molecule has 1 aliphatic heterocycles. The third-order valence-electron chi connectivity index (χ3n) is 6.29. The van der Waals surface area contributed by atoms with Gasteiger partial charge in [-0.2, -0.15) is 4.98 Å². The Hall–Kier alpha value is -2.96. The number of carbonyl (C=O) groups is 1. The summed E-state index contributed by atoms with van der Waals surface area (Å²) in [4.78, 5) is 29.1. The number of aromatic amines is 1. The summed E-state index contributed by atoms with van der Waals surface area (Å²) in [5.74, 6) is -1.41. The summed E-state index contributed by atoms with van der Waals surface area (Å²) in [7, 11) is -4.07. The molecule has 218 valence electrons. The van der Waals surface area contributed by atoms with Gasteiger partial charge < -0.3 is 29.4 Å². The number of H-pyrrole nitrogens is 1. The second-order valence-corrected chi connectivity index (χ2v) is 12.6. The minimum absolute atomic E-state index is 0.0639. The molecule has 0 bridgehead atoms. The van der Waals surface area contributed by atoms with Crippen LogP contribution in [0.25, 0.3) is 11.0 Å². The van der Waals surface area contributed by atoms with Crippen LogP contribution in [0, 0.1) is 5.92 Å². The molecule has 1 aliphatic rings. The fourth-order valence-electron chi connectivity index (χ4n) is 4.33. The molecule has 1 aromatic carbocycles. The molecule has 0 radical (unpaired) electrons. The van der Waals surface area contributed by atoms with Gasteiger partial charge in [0.25, 0.3) is 5.56 Å². The van der Waals surface area contributed by atoms with Gasteiger partial charge in [-0.25, -0.2) is 8.96 Å². The van der Waals surface area contributed by atoms with Gasteiger partial charge in [0.15, 0.2) is 11.9 Å². The SMILES string of the molecule is CC(C)OC(=O)[C@H](C)C[P@@](=O)(OC[C@H]1O[C@@H](n2ccc3c(=O)[nH]c(N)nc32)C(Cl)(CF)[C@H]1O)Oc1ccccc1. The van der Waals surface area contributed by atoms with Gasteiger partial charge in [-0.3, -0.25) is 19.1 Å². The van der Waals surface area contributed by atoms with E-state index in [0.29, 0.717) is 0 Å². The maximum atomic E-state index is 14.4. The molecule has 4 N–H and O–H groups in total. The Morgan fingerprint density at radius 1 is 1.32 bits per heavy atom. The van der Waals surface area contributed by atoms with E-state index in [1.807, 2.05) is 0 Å². The molecule has 1 saturated heterocycles. The van der Waals surface area contributed by atoms with Crippen molar-refractivity contribution in [1.82, 2.24) is 14.5 Å². The van der Waals surface area contributed by atoms with Gasteiger partial charge in [0, 0.05) is 6.20 Å². The van der Waals surface area contributed by atoms with Gasteiger partial charge in [-0.1, -0.05) is 25.1 Å². The summed E-state index contributed by atoms with van der Waals surface area (Å²) in [5, 5.41) is 11.2. The van der Waals surface area contributed by atoms with Gasteiger partial charge in [-0.05, 0) is 32.0 Å². The number of nitrogens with one attached hydrogen (secondary N) is 1. The number of esters is 1. The molecule has 1 fully saturated rings. The lowest BCUT2D eigenvalue weighted by atomic mass is 10.0. The molecule has 3 heterocycles. The van der Waals surface area contributed by atoms with Crippen LogP contribution in [0.5, 0.6) is 5.75 Å². The van der Waals surface area contributed by atoms with Crippen LogP contribution >= 0.6 is 19.2 Å². The number of hydrogen-bond acceptors (Lipinski definition) is 10. The quantitative estimate of drug-likeness (QED) is 0.168. The zero-order valence-electron chi connectivity index (χ0n) is 22.0. The zero-order chi connectivity index (χ0) is 29.2. The van der Waals surface area contributed by atoms with Crippen LogP contribution in [-0.2, 0) is 23.4 Å². The second-order valence-electron chi connectivity index (χ2n) is 9.82. The van der Waals surface area contributed by atoms with Crippen LogP contribution < -0.4 is 15.8 Å². The van der Waals surface area contributed by atoms with Crippen LogP contribution in [0.2, 0.25) is 0 Å². The van der Waals surface area contributed by atoms with E-state index in [1.54, 1.807) is 44.2 Å². The van der Waals surface area contributed by atoms with Gasteiger partial charge in [0.1, 0.15) is 29.5 Å². The van der Waals surface area contributed by atoms with Crippen molar-refractivity contribution >= 4 is 42.1 Å². The minimum Gasteiger partial charge on any atom is -0.463 e. The lowest BCUT2D eigenvalue weighted by molar-refractivity contribution is -0.151. The standard InChI is InChI=1S/C25H31ClFN4O8P/c1-14(2)37-22(34)15(3)12-40(35,39-16-7-5-4-6-8-16)36-11-18-19(32)25(26,13-27)23(38-18)31-10-9-17-20(31)29-24(28)30-21(17)33/h4-10,14-15,18-19,23,32H,11-13H2,1-3H3,(H3,28,29,30,33)/t15-,18-,19+,23-,25?,40-/m1/s1. The van der Waals surface area contributed by atoms with Gasteiger partial charge >= 0.3 is 13.6 Å². The number of para-hydroxylation sites is 1. The number of nitrogen functional groups attached to an aromatic ring is 1. The molecule has 12 nitrogen and oxygen atoms in total. The number of benzene rings is 1. The molecule has 0 spiro atoms. The first-order chi connectivity index (χ1) is 18.9. The van der Waals surface area contributed by atoms with Crippen LogP contribution in [-0.4, -0.2) is 68.2 Å². The molecule has 1 unspecified atom stereocenters. The molecule has 0 aliphatic carbocycles. The fourth-order valence-corrected chi connectivity index (χ4v) is 6.50. The van der Waals surface area contributed by atoms with E-state index < -0.39 is 61.6 Å². The van der Waals surface area contributed by atoms with Crippen LogP contribution in [0.1, 0.15) is 27.0 Å². The van der Waals surface area contributed by atoms with E-state index in [1.165, 1.54) is 23.8 Å². The lowest BCUT2D eigenvalue weighted by Gasteiger charge is -2.28. The third kappa shape index (κ3) is 6.18. The smallest absolute Gasteiger partial charge is 0.380 e. The van der Waals surface area contributed by atoms with Crippen molar-refractivity contribution in [3.63, 3.8) is 0 Å². The average molecular weight is 601 g/mol. The highest BCUT2D eigenvalue weighted by Crippen LogP contribution is 2.52. The zero-order valence-corrected chi connectivity index (χ0v) is 23.7. The Bertz CT molecular complexity index is 1450.